The van der Waals surface area contributed by atoms with Crippen LogP contribution in [-0.4, -0.2) is 30.5 Å². The number of cyclic esters (lactones) is 1. The normalized spacial score (nSPS) is 20.2. The Morgan fingerprint density at radius 1 is 1.67 bits per heavy atom. The number of aliphatic hydroxyl groups excluding tert-OH is 1. The van der Waals surface area contributed by atoms with Crippen LogP contribution >= 0.6 is 11.6 Å². The molecule has 1 aliphatic rings. The van der Waals surface area contributed by atoms with Gasteiger partial charge in [-0.3, -0.25) is 0 Å². The van der Waals surface area contributed by atoms with Gasteiger partial charge in [0, 0.05) is 10.6 Å². The minimum absolute atomic E-state index is 0.236. The average molecular weight is 272 g/mol. The van der Waals surface area contributed by atoms with Gasteiger partial charge in [0.1, 0.15) is 12.4 Å². The topological polar surface area (TPSA) is 67.8 Å². The second-order valence-corrected chi connectivity index (χ2v) is 4.51. The van der Waals surface area contributed by atoms with E-state index in [1.165, 1.54) is 0 Å². The van der Waals surface area contributed by atoms with Crippen molar-refractivity contribution in [2.45, 2.75) is 19.1 Å². The third kappa shape index (κ3) is 3.05. The summed E-state index contributed by atoms with van der Waals surface area (Å²) in [6.45, 7) is 2.30. The highest BCUT2D eigenvalue weighted by Crippen LogP contribution is 2.28. The summed E-state index contributed by atoms with van der Waals surface area (Å²) in [7, 11) is 0. The number of alkyl carbamates (subject to hydrolysis) is 1. The van der Waals surface area contributed by atoms with Gasteiger partial charge in [0.15, 0.2) is 6.10 Å². The molecule has 1 saturated heterocycles. The summed E-state index contributed by atoms with van der Waals surface area (Å²) in [5.41, 5.74) is 0.611. The van der Waals surface area contributed by atoms with Crippen LogP contribution < -0.4 is 10.1 Å². The fourth-order valence-corrected chi connectivity index (χ4v) is 1.87. The van der Waals surface area contributed by atoms with E-state index < -0.39 is 12.2 Å². The Morgan fingerprint density at radius 2 is 2.44 bits per heavy atom. The molecule has 2 N–H and O–H groups in total. The zero-order valence-corrected chi connectivity index (χ0v) is 10.6. The Kier molecular flexibility index (Phi) is 3.93. The molecule has 1 aromatic carbocycles. The van der Waals surface area contributed by atoms with Gasteiger partial charge in [-0.25, -0.2) is 4.79 Å². The molecule has 1 fully saturated rings. The van der Waals surface area contributed by atoms with Crippen molar-refractivity contribution in [2.75, 3.05) is 13.2 Å². The van der Waals surface area contributed by atoms with E-state index in [-0.39, 0.29) is 12.7 Å². The summed E-state index contributed by atoms with van der Waals surface area (Å²) >= 11 is 5.86. The van der Waals surface area contributed by atoms with Crippen LogP contribution in [0.25, 0.3) is 0 Å². The summed E-state index contributed by atoms with van der Waals surface area (Å²) in [6, 6.07) is 5.02. The molecule has 0 aliphatic carbocycles. The predicted molar refractivity (Wildman–Crippen MR) is 65.9 cm³/mol. The maximum atomic E-state index is 10.8. The number of amides is 1. The maximum absolute atomic E-state index is 10.8. The van der Waals surface area contributed by atoms with Crippen LogP contribution in [0.2, 0.25) is 5.02 Å². The fraction of sp³-hybridized carbons (Fsp3) is 0.417. The maximum Gasteiger partial charge on any atom is 0.407 e. The van der Waals surface area contributed by atoms with E-state index in [9.17, 15) is 9.90 Å². The molecule has 18 heavy (non-hydrogen) atoms. The third-order valence-electron chi connectivity index (χ3n) is 2.59. The van der Waals surface area contributed by atoms with Crippen molar-refractivity contribution in [3.05, 3.63) is 28.8 Å². The van der Waals surface area contributed by atoms with Gasteiger partial charge in [0.05, 0.1) is 12.6 Å². The zero-order chi connectivity index (χ0) is 13.1. The summed E-state index contributed by atoms with van der Waals surface area (Å²) in [5.74, 6) is 0.539. The summed E-state index contributed by atoms with van der Waals surface area (Å²) in [5, 5.41) is 12.7. The van der Waals surface area contributed by atoms with Gasteiger partial charge in [-0.1, -0.05) is 11.6 Å². The lowest BCUT2D eigenvalue weighted by Crippen LogP contribution is -2.22. The van der Waals surface area contributed by atoms with E-state index in [2.05, 4.69) is 5.32 Å². The molecule has 1 aromatic rings. The molecule has 0 spiro atoms. The standard InChI is InChI=1S/C12H14ClNO4/c1-7(15)10-4-8(13)2-3-11(10)17-6-9-5-14-12(16)18-9/h2-4,7,9,15H,5-6H2,1H3,(H,14,16). The van der Waals surface area contributed by atoms with Crippen LogP contribution in [-0.2, 0) is 4.74 Å². The van der Waals surface area contributed by atoms with E-state index in [1.807, 2.05) is 0 Å². The Morgan fingerprint density at radius 3 is 3.06 bits per heavy atom. The highest BCUT2D eigenvalue weighted by Gasteiger charge is 2.23. The van der Waals surface area contributed by atoms with Gasteiger partial charge in [0.2, 0.25) is 0 Å². The minimum Gasteiger partial charge on any atom is -0.489 e. The van der Waals surface area contributed by atoms with Gasteiger partial charge in [-0.15, -0.1) is 0 Å². The highest BCUT2D eigenvalue weighted by atomic mass is 35.5. The summed E-state index contributed by atoms with van der Waals surface area (Å²) < 4.78 is 10.5. The molecule has 1 heterocycles. The first-order chi connectivity index (χ1) is 8.56. The zero-order valence-electron chi connectivity index (χ0n) is 9.85. The van der Waals surface area contributed by atoms with Crippen LogP contribution in [0.1, 0.15) is 18.6 Å². The molecule has 2 atom stereocenters. The van der Waals surface area contributed by atoms with E-state index in [1.54, 1.807) is 25.1 Å². The molecule has 0 saturated carbocycles. The quantitative estimate of drug-likeness (QED) is 0.877. The second kappa shape index (κ2) is 5.46. The van der Waals surface area contributed by atoms with Gasteiger partial charge < -0.3 is 19.9 Å². The van der Waals surface area contributed by atoms with Gasteiger partial charge in [-0.2, -0.15) is 0 Å². The van der Waals surface area contributed by atoms with Crippen LogP contribution in [0.3, 0.4) is 0 Å². The number of halogens is 1. The van der Waals surface area contributed by atoms with Crippen molar-refractivity contribution in [3.8, 4) is 5.75 Å². The number of rotatable bonds is 4. The lowest BCUT2D eigenvalue weighted by Gasteiger charge is -2.15. The number of ether oxygens (including phenoxy) is 2. The van der Waals surface area contributed by atoms with Gasteiger partial charge in [0.25, 0.3) is 0 Å². The monoisotopic (exact) mass is 271 g/mol. The first-order valence-corrected chi connectivity index (χ1v) is 5.99. The number of nitrogens with one attached hydrogen (secondary N) is 1. The Balaban J connectivity index is 2.02. The van der Waals surface area contributed by atoms with Crippen molar-refractivity contribution < 1.29 is 19.4 Å². The predicted octanol–water partition coefficient (Wildman–Crippen LogP) is 1.88. The molecular formula is C12H14ClNO4. The van der Waals surface area contributed by atoms with E-state index in [0.717, 1.165) is 0 Å². The van der Waals surface area contributed by atoms with E-state index in [4.69, 9.17) is 21.1 Å². The molecule has 5 nitrogen and oxygen atoms in total. The number of carbonyl (C=O) groups excluding carboxylic acids is 1. The molecule has 0 bridgehead atoms. The lowest BCUT2D eigenvalue weighted by molar-refractivity contribution is 0.102. The number of hydrogen-bond acceptors (Lipinski definition) is 4. The molecule has 6 heteroatoms. The molecular weight excluding hydrogens is 258 g/mol. The Bertz CT molecular complexity index is 450. The Labute approximate surface area is 110 Å². The van der Waals surface area contributed by atoms with Crippen LogP contribution in [0, 0.1) is 0 Å². The molecule has 0 radical (unpaired) electrons. The minimum atomic E-state index is -0.678. The summed E-state index contributed by atoms with van der Waals surface area (Å²) in [4.78, 5) is 10.8. The van der Waals surface area contributed by atoms with Crippen molar-refractivity contribution in [3.63, 3.8) is 0 Å². The van der Waals surface area contributed by atoms with Crippen LogP contribution in [0.4, 0.5) is 4.79 Å². The van der Waals surface area contributed by atoms with Crippen LogP contribution in [0.5, 0.6) is 5.75 Å². The van der Waals surface area contributed by atoms with Crippen LogP contribution in [0.15, 0.2) is 18.2 Å². The number of hydrogen-bond donors (Lipinski definition) is 2. The van der Waals surface area contributed by atoms with Crippen molar-refractivity contribution >= 4 is 17.7 Å². The number of carbonyl (C=O) groups is 1. The lowest BCUT2D eigenvalue weighted by atomic mass is 10.1. The molecule has 1 amide bonds. The SMILES string of the molecule is CC(O)c1cc(Cl)ccc1OCC1CNC(=O)O1. The third-order valence-corrected chi connectivity index (χ3v) is 2.83. The molecule has 98 valence electrons. The molecule has 2 unspecified atom stereocenters. The molecule has 1 aliphatic heterocycles. The van der Waals surface area contributed by atoms with Gasteiger partial charge >= 0.3 is 6.09 Å². The molecule has 0 aromatic heterocycles. The van der Waals surface area contributed by atoms with Gasteiger partial charge in [-0.05, 0) is 25.1 Å². The Hall–Kier alpha value is -1.46. The first-order valence-electron chi connectivity index (χ1n) is 5.61. The van der Waals surface area contributed by atoms with E-state index in [0.29, 0.717) is 22.9 Å². The van der Waals surface area contributed by atoms with Crippen molar-refractivity contribution in [2.24, 2.45) is 0 Å². The largest absolute Gasteiger partial charge is 0.489 e. The fourth-order valence-electron chi connectivity index (χ4n) is 1.68. The van der Waals surface area contributed by atoms with Crippen molar-refractivity contribution in [1.82, 2.24) is 5.32 Å². The smallest absolute Gasteiger partial charge is 0.407 e. The first kappa shape index (κ1) is 13.0. The van der Waals surface area contributed by atoms with E-state index >= 15 is 0 Å². The number of aliphatic hydroxyl groups is 1. The number of benzene rings is 1. The second-order valence-electron chi connectivity index (χ2n) is 4.08. The average Bonchev–Trinajstić information content (AvgIpc) is 2.73. The van der Waals surface area contributed by atoms with Crippen molar-refractivity contribution in [1.29, 1.82) is 0 Å². The highest BCUT2D eigenvalue weighted by molar-refractivity contribution is 6.30. The molecule has 2 rings (SSSR count). The summed E-state index contributed by atoms with van der Waals surface area (Å²) in [6.07, 6.45) is -1.42.